The van der Waals surface area contributed by atoms with Crippen LogP contribution in [0.5, 0.6) is 0 Å². The van der Waals surface area contributed by atoms with Gasteiger partial charge in [0.05, 0.1) is 17.1 Å². The number of anilines is 1. The lowest BCUT2D eigenvalue weighted by molar-refractivity contribution is -0.121. The van der Waals surface area contributed by atoms with Crippen LogP contribution in [0, 0.1) is 12.7 Å². The Kier molecular flexibility index (Phi) is 5.24. The van der Waals surface area contributed by atoms with Gasteiger partial charge in [-0.2, -0.15) is 0 Å². The van der Waals surface area contributed by atoms with E-state index in [-0.39, 0.29) is 29.5 Å². The number of aryl methyl sites for hydroxylation is 1. The summed E-state index contributed by atoms with van der Waals surface area (Å²) in [4.78, 5) is 30.1. The third kappa shape index (κ3) is 3.82. The van der Waals surface area contributed by atoms with E-state index in [0.717, 1.165) is 29.4 Å². The van der Waals surface area contributed by atoms with E-state index >= 15 is 0 Å². The molecule has 1 saturated heterocycles. The van der Waals surface area contributed by atoms with Crippen LogP contribution in [0.3, 0.4) is 0 Å². The smallest absolute Gasteiger partial charge is 0.324 e. The molecule has 1 aromatic heterocycles. The predicted molar refractivity (Wildman–Crippen MR) is 112 cm³/mol. The van der Waals surface area contributed by atoms with Gasteiger partial charge >= 0.3 is 5.69 Å². The Morgan fingerprint density at radius 2 is 1.93 bits per heavy atom. The minimum atomic E-state index is -0.372. The minimum Gasteiger partial charge on any atom is -0.324 e. The summed E-state index contributed by atoms with van der Waals surface area (Å²) in [6.45, 7) is 5.13. The van der Waals surface area contributed by atoms with Crippen molar-refractivity contribution in [2.45, 2.75) is 38.8 Å². The van der Waals surface area contributed by atoms with Gasteiger partial charge in [0, 0.05) is 24.8 Å². The van der Waals surface area contributed by atoms with Crippen molar-refractivity contribution in [1.29, 1.82) is 0 Å². The van der Waals surface area contributed by atoms with Crippen molar-refractivity contribution in [2.24, 2.45) is 0 Å². The third-order valence-corrected chi connectivity index (χ3v) is 5.87. The summed E-state index contributed by atoms with van der Waals surface area (Å²) in [5.74, 6) is -0.523. The van der Waals surface area contributed by atoms with Gasteiger partial charge in [-0.05, 0) is 56.5 Å². The van der Waals surface area contributed by atoms with Gasteiger partial charge in [-0.3, -0.25) is 14.3 Å². The molecule has 1 aliphatic heterocycles. The van der Waals surface area contributed by atoms with Gasteiger partial charge < -0.3 is 10.3 Å². The van der Waals surface area contributed by atoms with Gasteiger partial charge in [0.25, 0.3) is 0 Å². The molecular weight excluding hydrogens is 371 g/mol. The molecule has 0 aliphatic carbocycles. The summed E-state index contributed by atoms with van der Waals surface area (Å²) in [5.41, 5.74) is 3.00. The molecule has 1 fully saturated rings. The SMILES string of the molecule is Cc1ccc(F)cc1NC(=O)C(C)N1CCC(n2c(=O)[nH]c3ccccc32)CC1. The van der Waals surface area contributed by atoms with Crippen molar-refractivity contribution in [3.05, 3.63) is 64.3 Å². The van der Waals surface area contributed by atoms with Crippen molar-refractivity contribution in [3.8, 4) is 0 Å². The van der Waals surface area contributed by atoms with Gasteiger partial charge in [-0.1, -0.05) is 18.2 Å². The van der Waals surface area contributed by atoms with E-state index in [1.165, 1.54) is 12.1 Å². The Balaban J connectivity index is 1.42. The van der Waals surface area contributed by atoms with Crippen LogP contribution in [0.2, 0.25) is 0 Å². The second-order valence-electron chi connectivity index (χ2n) is 7.71. The molecule has 1 atom stereocenters. The number of carbonyl (C=O) groups excluding carboxylic acids is 1. The second kappa shape index (κ2) is 7.83. The standard InChI is InChI=1S/C22H25FN4O2/c1-14-7-8-16(23)13-19(14)24-21(28)15(2)26-11-9-17(10-12-26)27-20-6-4-3-5-18(20)25-22(27)29/h3-8,13,15,17H,9-12H2,1-2H3,(H,24,28)(H,25,29). The number of para-hydroxylation sites is 2. The normalized spacial score (nSPS) is 16.8. The average molecular weight is 396 g/mol. The number of rotatable bonds is 4. The molecule has 6 nitrogen and oxygen atoms in total. The molecule has 7 heteroatoms. The Bertz CT molecular complexity index is 1100. The van der Waals surface area contributed by atoms with E-state index in [2.05, 4.69) is 15.2 Å². The molecule has 0 radical (unpaired) electrons. The van der Waals surface area contributed by atoms with Crippen molar-refractivity contribution >= 4 is 22.6 Å². The molecule has 0 bridgehead atoms. The number of nitrogens with one attached hydrogen (secondary N) is 2. The van der Waals surface area contributed by atoms with Crippen molar-refractivity contribution in [1.82, 2.24) is 14.5 Å². The molecule has 152 valence electrons. The van der Waals surface area contributed by atoms with Gasteiger partial charge in [0.2, 0.25) is 5.91 Å². The Morgan fingerprint density at radius 1 is 1.21 bits per heavy atom. The van der Waals surface area contributed by atoms with Crippen LogP contribution in [0.1, 0.15) is 31.4 Å². The van der Waals surface area contributed by atoms with Crippen LogP contribution in [0.15, 0.2) is 47.3 Å². The lowest BCUT2D eigenvalue weighted by Gasteiger charge is -2.35. The van der Waals surface area contributed by atoms with Crippen LogP contribution in [-0.2, 0) is 4.79 Å². The van der Waals surface area contributed by atoms with Crippen LogP contribution in [0.25, 0.3) is 11.0 Å². The number of benzene rings is 2. The van der Waals surface area contributed by atoms with Crippen molar-refractivity contribution < 1.29 is 9.18 Å². The number of fused-ring (bicyclic) bond motifs is 1. The number of nitrogens with zero attached hydrogens (tertiary/aromatic N) is 2. The van der Waals surface area contributed by atoms with Crippen molar-refractivity contribution in [3.63, 3.8) is 0 Å². The molecule has 1 unspecified atom stereocenters. The molecule has 0 spiro atoms. The Labute approximate surface area is 168 Å². The highest BCUT2D eigenvalue weighted by Gasteiger charge is 2.29. The first-order valence-electron chi connectivity index (χ1n) is 9.94. The summed E-state index contributed by atoms with van der Waals surface area (Å²) >= 11 is 0. The van der Waals surface area contributed by atoms with Gasteiger partial charge in [-0.25, -0.2) is 9.18 Å². The monoisotopic (exact) mass is 396 g/mol. The molecule has 3 aromatic rings. The maximum atomic E-state index is 13.5. The number of likely N-dealkylation sites (tertiary alicyclic amines) is 1. The van der Waals surface area contributed by atoms with Crippen LogP contribution in [0.4, 0.5) is 10.1 Å². The molecule has 4 rings (SSSR count). The Hall–Kier alpha value is -2.93. The average Bonchev–Trinajstić information content (AvgIpc) is 3.06. The number of aromatic nitrogens is 2. The number of amides is 1. The zero-order valence-corrected chi connectivity index (χ0v) is 16.6. The number of halogens is 1. The maximum absolute atomic E-state index is 13.5. The van der Waals surface area contributed by atoms with Gasteiger partial charge in [0.15, 0.2) is 0 Å². The molecule has 1 amide bonds. The minimum absolute atomic E-state index is 0.0861. The zero-order valence-electron chi connectivity index (χ0n) is 16.6. The fraction of sp³-hybridized carbons (Fsp3) is 0.364. The first kappa shape index (κ1) is 19.4. The quantitative estimate of drug-likeness (QED) is 0.710. The van der Waals surface area contributed by atoms with Gasteiger partial charge in [-0.15, -0.1) is 0 Å². The fourth-order valence-corrected chi connectivity index (χ4v) is 4.10. The molecule has 0 saturated carbocycles. The number of aromatic amines is 1. The molecule has 29 heavy (non-hydrogen) atoms. The van der Waals surface area contributed by atoms with Crippen LogP contribution >= 0.6 is 0 Å². The molecule has 1 aliphatic rings. The van der Waals surface area contributed by atoms with Crippen LogP contribution in [-0.4, -0.2) is 39.5 Å². The highest BCUT2D eigenvalue weighted by Crippen LogP contribution is 2.26. The van der Waals surface area contributed by atoms with E-state index in [1.807, 2.05) is 42.7 Å². The lowest BCUT2D eigenvalue weighted by Crippen LogP contribution is -2.47. The maximum Gasteiger partial charge on any atom is 0.326 e. The molecule has 2 N–H and O–H groups in total. The molecular formula is C22H25FN4O2. The van der Waals surface area contributed by atoms with E-state index in [0.29, 0.717) is 18.8 Å². The molecule has 2 aromatic carbocycles. The first-order chi connectivity index (χ1) is 13.9. The number of imidazole rings is 1. The first-order valence-corrected chi connectivity index (χ1v) is 9.94. The summed E-state index contributed by atoms with van der Waals surface area (Å²) in [7, 11) is 0. The van der Waals surface area contributed by atoms with E-state index in [9.17, 15) is 14.0 Å². The topological polar surface area (TPSA) is 70.1 Å². The largest absolute Gasteiger partial charge is 0.326 e. The summed E-state index contributed by atoms with van der Waals surface area (Å²) in [5, 5.41) is 2.84. The summed E-state index contributed by atoms with van der Waals surface area (Å²) in [6.07, 6.45) is 1.58. The summed E-state index contributed by atoms with van der Waals surface area (Å²) in [6, 6.07) is 11.9. The number of carbonyl (C=O) groups is 1. The summed E-state index contributed by atoms with van der Waals surface area (Å²) < 4.78 is 15.3. The number of H-pyrrole nitrogens is 1. The highest BCUT2D eigenvalue weighted by molar-refractivity contribution is 5.95. The van der Waals surface area contributed by atoms with E-state index in [1.54, 1.807) is 6.07 Å². The predicted octanol–water partition coefficient (Wildman–Crippen LogP) is 3.44. The van der Waals surface area contributed by atoms with Crippen molar-refractivity contribution in [2.75, 3.05) is 18.4 Å². The van der Waals surface area contributed by atoms with E-state index < -0.39 is 0 Å². The molecule has 2 heterocycles. The third-order valence-electron chi connectivity index (χ3n) is 5.87. The number of piperidine rings is 1. The van der Waals surface area contributed by atoms with E-state index in [4.69, 9.17) is 0 Å². The lowest BCUT2D eigenvalue weighted by atomic mass is 10.0. The second-order valence-corrected chi connectivity index (χ2v) is 7.71. The van der Waals surface area contributed by atoms with Crippen LogP contribution < -0.4 is 11.0 Å². The zero-order chi connectivity index (χ0) is 20.5. The fourth-order valence-electron chi connectivity index (χ4n) is 4.10. The number of hydrogen-bond donors (Lipinski definition) is 2. The Morgan fingerprint density at radius 3 is 2.69 bits per heavy atom. The highest BCUT2D eigenvalue weighted by atomic mass is 19.1. The number of hydrogen-bond acceptors (Lipinski definition) is 3. The van der Waals surface area contributed by atoms with Gasteiger partial charge in [0.1, 0.15) is 5.82 Å².